The minimum absolute atomic E-state index is 0.566. The first kappa shape index (κ1) is 7.18. The Labute approximate surface area is 68.6 Å². The highest BCUT2D eigenvalue weighted by atomic mass is 15.0. The average Bonchev–Trinajstić information content (AvgIpc) is 2.84. The molecule has 2 aliphatic rings. The molecule has 0 saturated heterocycles. The molecule has 0 amide bonds. The maximum Gasteiger partial charge on any atom is 0.0212 e. The van der Waals surface area contributed by atoms with Crippen molar-refractivity contribution in [1.82, 2.24) is 5.32 Å². The molecule has 2 saturated carbocycles. The lowest BCUT2D eigenvalue weighted by atomic mass is 10.1. The Hall–Kier alpha value is -0.480. The fraction of sp³-hybridized carbons (Fsp3) is 0.800. The molecule has 0 aliphatic heterocycles. The zero-order chi connectivity index (χ0) is 7.73. The summed E-state index contributed by atoms with van der Waals surface area (Å²) in [6.07, 6.45) is 11.7. The van der Waals surface area contributed by atoms with Crippen LogP contribution >= 0.6 is 0 Å². The maximum absolute atomic E-state index is 5.18. The third-order valence-corrected chi connectivity index (χ3v) is 2.89. The summed E-state index contributed by atoms with van der Waals surface area (Å²) in [5.41, 5.74) is 0.566. The molecular formula is C10H15N. The number of rotatable bonds is 4. The van der Waals surface area contributed by atoms with E-state index in [4.69, 9.17) is 6.42 Å². The van der Waals surface area contributed by atoms with Crippen molar-refractivity contribution in [3.8, 4) is 12.3 Å². The predicted octanol–water partition coefficient (Wildman–Crippen LogP) is 1.54. The van der Waals surface area contributed by atoms with Gasteiger partial charge in [0.15, 0.2) is 0 Å². The molecule has 0 aromatic rings. The molecule has 2 fully saturated rings. The molecule has 0 spiro atoms. The summed E-state index contributed by atoms with van der Waals surface area (Å²) in [5, 5.41) is 3.59. The smallest absolute Gasteiger partial charge is 0.0212 e. The molecule has 0 atom stereocenters. The lowest BCUT2D eigenvalue weighted by Crippen LogP contribution is -2.33. The van der Waals surface area contributed by atoms with E-state index >= 15 is 0 Å². The van der Waals surface area contributed by atoms with Gasteiger partial charge in [0.2, 0.25) is 0 Å². The Kier molecular flexibility index (Phi) is 1.65. The molecule has 1 nitrogen and oxygen atoms in total. The summed E-state index contributed by atoms with van der Waals surface area (Å²) in [6.45, 7) is 1.02. The lowest BCUT2D eigenvalue weighted by Gasteiger charge is -2.14. The van der Waals surface area contributed by atoms with Crippen molar-refractivity contribution in [3.63, 3.8) is 0 Å². The molecule has 0 bridgehead atoms. The predicted molar refractivity (Wildman–Crippen MR) is 46.1 cm³/mol. The van der Waals surface area contributed by atoms with Crippen LogP contribution in [0.2, 0.25) is 0 Å². The summed E-state index contributed by atoms with van der Waals surface area (Å²) in [7, 11) is 0. The van der Waals surface area contributed by atoms with Crippen molar-refractivity contribution in [2.24, 2.45) is 5.92 Å². The van der Waals surface area contributed by atoms with Gasteiger partial charge in [-0.2, -0.15) is 0 Å². The van der Waals surface area contributed by atoms with E-state index in [1.54, 1.807) is 0 Å². The molecule has 11 heavy (non-hydrogen) atoms. The first-order chi connectivity index (χ1) is 5.37. The van der Waals surface area contributed by atoms with Crippen LogP contribution < -0.4 is 5.32 Å². The van der Waals surface area contributed by atoms with E-state index in [0.717, 1.165) is 18.9 Å². The summed E-state index contributed by atoms with van der Waals surface area (Å²) in [6, 6.07) is 0. The van der Waals surface area contributed by atoms with Gasteiger partial charge in [0.25, 0.3) is 0 Å². The first-order valence-electron chi connectivity index (χ1n) is 4.56. The van der Waals surface area contributed by atoms with Gasteiger partial charge < -0.3 is 5.32 Å². The second-order valence-corrected chi connectivity index (χ2v) is 3.81. The molecule has 0 unspecified atom stereocenters. The van der Waals surface area contributed by atoms with Gasteiger partial charge in [-0.3, -0.25) is 0 Å². The van der Waals surface area contributed by atoms with Gasteiger partial charge in [0, 0.05) is 18.5 Å². The Morgan fingerprint density at radius 3 is 2.64 bits per heavy atom. The topological polar surface area (TPSA) is 12.0 Å². The fourth-order valence-electron chi connectivity index (χ4n) is 1.88. The monoisotopic (exact) mass is 149 g/mol. The van der Waals surface area contributed by atoms with Gasteiger partial charge in [-0.05, 0) is 31.6 Å². The number of hydrogen-bond donors (Lipinski definition) is 1. The molecule has 0 radical (unpaired) electrons. The van der Waals surface area contributed by atoms with Crippen LogP contribution in [0.15, 0.2) is 0 Å². The number of nitrogens with one attached hydrogen (secondary N) is 1. The van der Waals surface area contributed by atoms with Gasteiger partial charge in [-0.25, -0.2) is 0 Å². The van der Waals surface area contributed by atoms with Crippen LogP contribution in [0.25, 0.3) is 0 Å². The summed E-state index contributed by atoms with van der Waals surface area (Å²) < 4.78 is 0. The minimum atomic E-state index is 0.566. The van der Waals surface area contributed by atoms with Crippen LogP contribution in [-0.2, 0) is 0 Å². The zero-order valence-corrected chi connectivity index (χ0v) is 6.90. The Morgan fingerprint density at radius 2 is 2.18 bits per heavy atom. The van der Waals surface area contributed by atoms with E-state index in [-0.39, 0.29) is 0 Å². The Balaban J connectivity index is 1.73. The lowest BCUT2D eigenvalue weighted by molar-refractivity contribution is 0.451. The minimum Gasteiger partial charge on any atom is -0.310 e. The molecule has 0 heterocycles. The Morgan fingerprint density at radius 1 is 1.45 bits per heavy atom. The molecular weight excluding hydrogens is 134 g/mol. The third-order valence-electron chi connectivity index (χ3n) is 2.89. The fourth-order valence-corrected chi connectivity index (χ4v) is 1.88. The van der Waals surface area contributed by atoms with Gasteiger partial charge >= 0.3 is 0 Å². The maximum atomic E-state index is 5.18. The molecule has 0 aromatic carbocycles. The number of hydrogen-bond acceptors (Lipinski definition) is 1. The highest BCUT2D eigenvalue weighted by Crippen LogP contribution is 2.53. The van der Waals surface area contributed by atoms with Crippen LogP contribution in [0.4, 0.5) is 0 Å². The van der Waals surface area contributed by atoms with E-state index in [1.807, 2.05) is 0 Å². The standard InChI is InChI=1S/C10H15N/c1-2-3-8-11-10(6-7-10)9-4-5-9/h1,9,11H,3-8H2. The molecule has 1 heteroatoms. The average molecular weight is 149 g/mol. The third kappa shape index (κ3) is 1.41. The summed E-state index contributed by atoms with van der Waals surface area (Å²) in [4.78, 5) is 0. The van der Waals surface area contributed by atoms with E-state index in [0.29, 0.717) is 5.54 Å². The highest BCUT2D eigenvalue weighted by Gasteiger charge is 2.53. The number of terminal acetylenes is 1. The summed E-state index contributed by atoms with van der Waals surface area (Å²) >= 11 is 0. The van der Waals surface area contributed by atoms with Gasteiger partial charge in [-0.1, -0.05) is 0 Å². The highest BCUT2D eigenvalue weighted by molar-refractivity contribution is 5.11. The van der Waals surface area contributed by atoms with Crippen LogP contribution in [0, 0.1) is 18.3 Å². The van der Waals surface area contributed by atoms with Crippen LogP contribution in [0.3, 0.4) is 0 Å². The van der Waals surface area contributed by atoms with Crippen LogP contribution in [-0.4, -0.2) is 12.1 Å². The van der Waals surface area contributed by atoms with E-state index in [9.17, 15) is 0 Å². The van der Waals surface area contributed by atoms with E-state index in [1.165, 1.54) is 25.7 Å². The molecule has 2 rings (SSSR count). The Bertz CT molecular complexity index is 182. The zero-order valence-electron chi connectivity index (χ0n) is 6.90. The second kappa shape index (κ2) is 2.53. The quantitative estimate of drug-likeness (QED) is 0.472. The van der Waals surface area contributed by atoms with Crippen molar-refractivity contribution in [2.75, 3.05) is 6.54 Å². The SMILES string of the molecule is C#CCCNC1(C2CC2)CC1. The van der Waals surface area contributed by atoms with Crippen molar-refractivity contribution in [3.05, 3.63) is 0 Å². The molecule has 0 aromatic heterocycles. The van der Waals surface area contributed by atoms with Crippen molar-refractivity contribution >= 4 is 0 Å². The largest absolute Gasteiger partial charge is 0.310 e. The van der Waals surface area contributed by atoms with Gasteiger partial charge in [-0.15, -0.1) is 12.3 Å². The van der Waals surface area contributed by atoms with Crippen molar-refractivity contribution in [1.29, 1.82) is 0 Å². The van der Waals surface area contributed by atoms with E-state index in [2.05, 4.69) is 11.2 Å². The normalized spacial score (nSPS) is 26.1. The van der Waals surface area contributed by atoms with Crippen molar-refractivity contribution < 1.29 is 0 Å². The van der Waals surface area contributed by atoms with E-state index < -0.39 is 0 Å². The molecule has 2 aliphatic carbocycles. The van der Waals surface area contributed by atoms with Crippen LogP contribution in [0.1, 0.15) is 32.1 Å². The van der Waals surface area contributed by atoms with Gasteiger partial charge in [0.05, 0.1) is 0 Å². The molecule has 1 N–H and O–H groups in total. The second-order valence-electron chi connectivity index (χ2n) is 3.81. The van der Waals surface area contributed by atoms with Gasteiger partial charge in [0.1, 0.15) is 0 Å². The molecule has 60 valence electrons. The first-order valence-corrected chi connectivity index (χ1v) is 4.56. The van der Waals surface area contributed by atoms with Crippen LogP contribution in [0.5, 0.6) is 0 Å². The van der Waals surface area contributed by atoms with Crippen molar-refractivity contribution in [2.45, 2.75) is 37.6 Å². The summed E-state index contributed by atoms with van der Waals surface area (Å²) in [5.74, 6) is 3.67.